The van der Waals surface area contributed by atoms with Crippen molar-refractivity contribution in [2.24, 2.45) is 0 Å². The predicted molar refractivity (Wildman–Crippen MR) is 99.7 cm³/mol. The largest absolute Gasteiger partial charge is 0.451 e. The number of ether oxygens (including phenoxy) is 1. The van der Waals surface area contributed by atoms with Crippen molar-refractivity contribution in [2.75, 3.05) is 11.9 Å². The summed E-state index contributed by atoms with van der Waals surface area (Å²) in [5.41, 5.74) is -0.979. The van der Waals surface area contributed by atoms with Crippen LogP contribution >= 0.6 is 15.9 Å². The van der Waals surface area contributed by atoms with Crippen LogP contribution in [0.5, 0.6) is 0 Å². The van der Waals surface area contributed by atoms with Crippen molar-refractivity contribution in [3.63, 3.8) is 0 Å². The summed E-state index contributed by atoms with van der Waals surface area (Å²) in [5, 5.41) is 4.98. The molecule has 28 heavy (non-hydrogen) atoms. The number of anilines is 1. The van der Waals surface area contributed by atoms with E-state index in [-0.39, 0.29) is 5.69 Å². The Bertz CT molecular complexity index is 841. The smallest absolute Gasteiger partial charge is 0.327 e. The van der Waals surface area contributed by atoms with E-state index in [1.165, 1.54) is 19.1 Å². The van der Waals surface area contributed by atoms with Crippen LogP contribution < -0.4 is 10.6 Å². The van der Waals surface area contributed by atoms with Gasteiger partial charge in [-0.1, -0.05) is 28.8 Å². The van der Waals surface area contributed by atoms with Gasteiger partial charge in [-0.25, -0.2) is 9.18 Å². The van der Waals surface area contributed by atoms with Crippen molar-refractivity contribution in [1.82, 2.24) is 10.2 Å². The molecular formula is C18H19BrFN3O5. The number of carbonyl (C=O) groups is 4. The van der Waals surface area contributed by atoms with Crippen LogP contribution in [0.15, 0.2) is 22.7 Å². The van der Waals surface area contributed by atoms with Crippen LogP contribution in [0.2, 0.25) is 0 Å². The number of hydrogen-bond acceptors (Lipinski definition) is 5. The number of nitrogens with zero attached hydrogens (tertiary/aromatic N) is 1. The maximum Gasteiger partial charge on any atom is 0.327 e. The summed E-state index contributed by atoms with van der Waals surface area (Å²) >= 11 is 3.11. The molecule has 1 atom stereocenters. The molecule has 2 N–H and O–H groups in total. The van der Waals surface area contributed by atoms with Gasteiger partial charge in [0.1, 0.15) is 17.9 Å². The number of imide groups is 1. The lowest BCUT2D eigenvalue weighted by atomic mass is 9.98. The zero-order valence-electron chi connectivity index (χ0n) is 15.1. The van der Waals surface area contributed by atoms with E-state index in [0.29, 0.717) is 17.3 Å². The third-order valence-electron chi connectivity index (χ3n) is 4.86. The fourth-order valence-corrected chi connectivity index (χ4v) is 3.71. The number of benzene rings is 1. The molecule has 0 aromatic heterocycles. The summed E-state index contributed by atoms with van der Waals surface area (Å²) in [6.45, 7) is 0.727. The number of nitrogens with one attached hydrogen (secondary N) is 2. The van der Waals surface area contributed by atoms with Gasteiger partial charge in [0.2, 0.25) is 0 Å². The van der Waals surface area contributed by atoms with Crippen molar-refractivity contribution < 1.29 is 28.3 Å². The minimum atomic E-state index is -1.24. The maximum atomic E-state index is 13.8. The van der Waals surface area contributed by atoms with Crippen molar-refractivity contribution in [3.05, 3.63) is 28.5 Å². The summed E-state index contributed by atoms with van der Waals surface area (Å²) in [6, 6.07) is 3.45. The lowest BCUT2D eigenvalue weighted by Crippen LogP contribution is -2.44. The molecule has 1 aliphatic heterocycles. The van der Waals surface area contributed by atoms with Gasteiger partial charge in [-0.2, -0.15) is 0 Å². The Morgan fingerprint density at radius 1 is 1.36 bits per heavy atom. The van der Waals surface area contributed by atoms with Crippen molar-refractivity contribution in [2.45, 2.75) is 44.2 Å². The molecule has 0 bridgehead atoms. The Morgan fingerprint density at radius 3 is 2.68 bits per heavy atom. The van der Waals surface area contributed by atoms with Gasteiger partial charge in [0.25, 0.3) is 11.8 Å². The van der Waals surface area contributed by atoms with Gasteiger partial charge in [0.05, 0.1) is 5.69 Å². The van der Waals surface area contributed by atoms with Gasteiger partial charge in [0.15, 0.2) is 6.10 Å². The summed E-state index contributed by atoms with van der Waals surface area (Å²) in [7, 11) is 0. The van der Waals surface area contributed by atoms with Gasteiger partial charge < -0.3 is 15.4 Å². The zero-order chi connectivity index (χ0) is 20.5. The molecule has 4 amide bonds. The summed E-state index contributed by atoms with van der Waals surface area (Å²) < 4.78 is 19.3. The van der Waals surface area contributed by atoms with Crippen LogP contribution in [0, 0.1) is 5.82 Å². The number of esters is 1. The Labute approximate surface area is 168 Å². The Hall–Kier alpha value is -2.49. The van der Waals surface area contributed by atoms with Crippen molar-refractivity contribution >= 4 is 45.4 Å². The van der Waals surface area contributed by atoms with Crippen LogP contribution in [0.1, 0.15) is 32.6 Å². The highest BCUT2D eigenvalue weighted by atomic mass is 79.9. The van der Waals surface area contributed by atoms with Crippen LogP contribution in [-0.4, -0.2) is 46.9 Å². The van der Waals surface area contributed by atoms with E-state index in [1.54, 1.807) is 6.07 Å². The molecule has 1 aliphatic carbocycles. The van der Waals surface area contributed by atoms with Gasteiger partial charge >= 0.3 is 12.0 Å². The molecule has 2 aliphatic rings. The molecular weight excluding hydrogens is 437 g/mol. The first-order valence-electron chi connectivity index (χ1n) is 8.81. The number of rotatable bonds is 5. The van der Waals surface area contributed by atoms with E-state index in [2.05, 4.69) is 26.6 Å². The van der Waals surface area contributed by atoms with E-state index in [1.807, 2.05) is 0 Å². The average molecular weight is 456 g/mol. The fourth-order valence-electron chi connectivity index (χ4n) is 3.38. The monoisotopic (exact) mass is 455 g/mol. The van der Waals surface area contributed by atoms with Crippen LogP contribution in [0.25, 0.3) is 0 Å². The molecule has 1 saturated carbocycles. The standard InChI is InChI=1S/C18H19BrFN3O5/c1-10(15(25)21-13-5-4-11(19)8-12(13)20)28-14(24)9-23-16(26)18(22-17(23)27)6-2-3-7-18/h4-5,8,10H,2-3,6-7,9H2,1H3,(H,21,25)(H,22,27). The van der Waals surface area contributed by atoms with Gasteiger partial charge in [-0.3, -0.25) is 19.3 Å². The van der Waals surface area contributed by atoms with E-state index < -0.39 is 47.8 Å². The summed E-state index contributed by atoms with van der Waals surface area (Å²) in [6.07, 6.45) is 1.50. The average Bonchev–Trinajstić information content (AvgIpc) is 3.18. The number of carbonyl (C=O) groups excluding carboxylic acids is 4. The number of amides is 4. The van der Waals surface area contributed by atoms with Gasteiger partial charge in [-0.15, -0.1) is 0 Å². The first-order valence-corrected chi connectivity index (χ1v) is 9.61. The Morgan fingerprint density at radius 2 is 2.04 bits per heavy atom. The molecule has 0 radical (unpaired) electrons. The highest BCUT2D eigenvalue weighted by Crippen LogP contribution is 2.34. The van der Waals surface area contributed by atoms with E-state index >= 15 is 0 Å². The highest BCUT2D eigenvalue weighted by molar-refractivity contribution is 9.10. The van der Waals surface area contributed by atoms with E-state index in [9.17, 15) is 23.6 Å². The molecule has 1 aromatic rings. The second-order valence-corrected chi connectivity index (χ2v) is 7.77. The van der Waals surface area contributed by atoms with Crippen LogP contribution in [-0.2, 0) is 19.1 Å². The Kier molecular flexibility index (Phi) is 5.69. The predicted octanol–water partition coefficient (Wildman–Crippen LogP) is 2.32. The third-order valence-corrected chi connectivity index (χ3v) is 5.35. The second kappa shape index (κ2) is 7.86. The highest BCUT2D eigenvalue weighted by Gasteiger charge is 2.52. The number of halogens is 2. The molecule has 10 heteroatoms. The first-order chi connectivity index (χ1) is 13.2. The number of hydrogen-bond donors (Lipinski definition) is 2. The first kappa shape index (κ1) is 20.2. The lowest BCUT2D eigenvalue weighted by Gasteiger charge is -2.20. The van der Waals surface area contributed by atoms with E-state index in [0.717, 1.165) is 17.7 Å². The van der Waals surface area contributed by atoms with Gasteiger partial charge in [0, 0.05) is 4.47 Å². The molecule has 1 spiro atoms. The molecule has 2 fully saturated rings. The second-order valence-electron chi connectivity index (χ2n) is 6.86. The molecule has 1 aromatic carbocycles. The lowest BCUT2D eigenvalue weighted by molar-refractivity contribution is -0.155. The zero-order valence-corrected chi connectivity index (χ0v) is 16.7. The van der Waals surface area contributed by atoms with Crippen molar-refractivity contribution in [3.8, 4) is 0 Å². The Balaban J connectivity index is 1.56. The molecule has 1 unspecified atom stereocenters. The molecule has 8 nitrogen and oxygen atoms in total. The van der Waals surface area contributed by atoms with Crippen molar-refractivity contribution in [1.29, 1.82) is 0 Å². The fraction of sp³-hybridized carbons (Fsp3) is 0.444. The van der Waals surface area contributed by atoms with Crippen LogP contribution in [0.4, 0.5) is 14.9 Å². The summed E-state index contributed by atoms with van der Waals surface area (Å²) in [5.74, 6) is -2.74. The molecule has 150 valence electrons. The van der Waals surface area contributed by atoms with Crippen LogP contribution in [0.3, 0.4) is 0 Å². The minimum absolute atomic E-state index is 0.0617. The SMILES string of the molecule is CC(OC(=O)CN1C(=O)NC2(CCCC2)C1=O)C(=O)Nc1ccc(Br)cc1F. The quantitative estimate of drug-likeness (QED) is 0.523. The van der Waals surface area contributed by atoms with Gasteiger partial charge in [-0.05, 0) is 38.0 Å². The maximum absolute atomic E-state index is 13.8. The van der Waals surface area contributed by atoms with E-state index in [4.69, 9.17) is 4.74 Å². The third kappa shape index (κ3) is 4.01. The number of urea groups is 1. The molecule has 1 heterocycles. The topological polar surface area (TPSA) is 105 Å². The molecule has 1 saturated heterocycles. The molecule has 3 rings (SSSR count). The summed E-state index contributed by atoms with van der Waals surface area (Å²) in [4.78, 5) is 49.6. The normalized spacial score (nSPS) is 18.9. The minimum Gasteiger partial charge on any atom is -0.451 e.